The van der Waals surface area contributed by atoms with E-state index in [2.05, 4.69) is 4.98 Å². The van der Waals surface area contributed by atoms with Gasteiger partial charge >= 0.3 is 12.3 Å². The lowest BCUT2D eigenvalue weighted by Crippen LogP contribution is -2.63. The van der Waals surface area contributed by atoms with Crippen LogP contribution >= 0.6 is 11.8 Å². The summed E-state index contributed by atoms with van der Waals surface area (Å²) < 4.78 is 3.99. The fraction of sp³-hybridized carbons (Fsp3) is 0.600. The van der Waals surface area contributed by atoms with Crippen LogP contribution in [0.5, 0.6) is 0 Å². The Kier molecular flexibility index (Phi) is 3.47. The zero-order valence-corrected chi connectivity index (χ0v) is 14.2. The van der Waals surface area contributed by atoms with Crippen LogP contribution in [0.15, 0.2) is 23.3 Å². The summed E-state index contributed by atoms with van der Waals surface area (Å²) in [4.78, 5) is 30.3. The normalized spacial score (nSPS) is 32.6. The van der Waals surface area contributed by atoms with E-state index in [1.807, 2.05) is 16.3 Å². The molecule has 2 N–H and O–H groups in total. The van der Waals surface area contributed by atoms with E-state index in [0.717, 1.165) is 18.0 Å². The highest BCUT2D eigenvalue weighted by Gasteiger charge is 2.60. The van der Waals surface area contributed by atoms with Gasteiger partial charge in [0.15, 0.2) is 0 Å². The van der Waals surface area contributed by atoms with Crippen molar-refractivity contribution in [1.82, 2.24) is 14.6 Å². The maximum atomic E-state index is 12.3. The molecule has 1 aromatic rings. The van der Waals surface area contributed by atoms with Gasteiger partial charge in [0.05, 0.1) is 29.9 Å². The van der Waals surface area contributed by atoms with Crippen LogP contribution in [0, 0.1) is 11.8 Å². The van der Waals surface area contributed by atoms with Crippen molar-refractivity contribution >= 4 is 23.6 Å². The number of aliphatic hydroxyl groups excluding tert-OH is 1. The lowest BCUT2D eigenvalue weighted by atomic mass is 9.79. The maximum absolute atomic E-state index is 12.3. The molecule has 4 rings (SSSR count). The monoisotopic (exact) mass is 351 g/mol. The quantitative estimate of drug-likeness (QED) is 0.557. The average molecular weight is 351 g/mol. The number of amides is 1. The molecule has 0 aliphatic carbocycles. The molecule has 0 radical (unpaired) electrons. The number of carboxylic acids is 1. The number of rotatable bonds is 4. The number of hydrogen-bond acceptors (Lipinski definition) is 5. The van der Waals surface area contributed by atoms with E-state index < -0.39 is 18.0 Å². The molecule has 0 bridgehead atoms. The second kappa shape index (κ2) is 5.32. The maximum Gasteiger partial charge on any atom is 0.353 e. The zero-order chi connectivity index (χ0) is 17.2. The molecular weight excluding hydrogens is 332 g/mol. The number of nitrogens with zero attached hydrogens (tertiary/aromatic N) is 4. The van der Waals surface area contributed by atoms with Crippen molar-refractivity contribution in [2.45, 2.75) is 44.3 Å². The number of β-lactam (4-membered cyclic amide) rings is 1. The first-order valence-electron chi connectivity index (χ1n) is 7.95. The van der Waals surface area contributed by atoms with E-state index in [9.17, 15) is 19.8 Å². The number of hydrogen-bond donors (Lipinski definition) is 2. The smallest absolute Gasteiger partial charge is 0.353 e. The summed E-state index contributed by atoms with van der Waals surface area (Å²) in [5.74, 6) is -1.95. The second-order valence-electron chi connectivity index (χ2n) is 6.64. The molecule has 3 aliphatic rings. The van der Waals surface area contributed by atoms with Crippen LogP contribution in [0.4, 0.5) is 0 Å². The number of aliphatic hydroxyl groups is 1. The average Bonchev–Trinajstić information content (AvgIpc) is 3.12. The van der Waals surface area contributed by atoms with E-state index in [4.69, 9.17) is 0 Å². The molecule has 0 aromatic carbocycles. The molecule has 1 saturated heterocycles. The van der Waals surface area contributed by atoms with Gasteiger partial charge in [-0.25, -0.2) is 4.79 Å². The Bertz CT molecular complexity index is 738. The Labute approximate surface area is 142 Å². The Morgan fingerprint density at radius 1 is 1.54 bits per heavy atom. The van der Waals surface area contributed by atoms with E-state index in [1.165, 1.54) is 16.7 Å². The van der Waals surface area contributed by atoms with Crippen molar-refractivity contribution in [3.8, 4) is 0 Å². The van der Waals surface area contributed by atoms with Crippen LogP contribution in [-0.4, -0.2) is 54.1 Å². The van der Waals surface area contributed by atoms with Crippen molar-refractivity contribution < 1.29 is 24.5 Å². The summed E-state index contributed by atoms with van der Waals surface area (Å²) in [6, 6.07) is -0.249. The summed E-state index contributed by atoms with van der Waals surface area (Å²) in [5.41, 5.74) is 0.0964. The highest BCUT2D eigenvalue weighted by atomic mass is 32.2. The summed E-state index contributed by atoms with van der Waals surface area (Å²) >= 11 is 1.54. The Hall–Kier alpha value is -1.87. The van der Waals surface area contributed by atoms with Crippen LogP contribution < -0.4 is 4.68 Å². The molecule has 4 heterocycles. The highest BCUT2D eigenvalue weighted by molar-refractivity contribution is 8.03. The van der Waals surface area contributed by atoms with Crippen LogP contribution in [-0.2, 0) is 22.7 Å². The number of fused-ring (bicyclic) bond motifs is 2. The van der Waals surface area contributed by atoms with Crippen LogP contribution in [0.1, 0.15) is 13.8 Å². The molecule has 0 unspecified atom stereocenters. The van der Waals surface area contributed by atoms with E-state index in [-0.39, 0.29) is 28.8 Å². The molecule has 1 amide bonds. The van der Waals surface area contributed by atoms with Gasteiger partial charge in [-0.2, -0.15) is 9.36 Å². The lowest BCUT2D eigenvalue weighted by molar-refractivity contribution is -0.758. The highest BCUT2D eigenvalue weighted by Crippen LogP contribution is 2.51. The first-order chi connectivity index (χ1) is 11.4. The molecular formula is C15H19N4O4S+. The van der Waals surface area contributed by atoms with Gasteiger partial charge < -0.3 is 15.1 Å². The molecule has 0 saturated carbocycles. The van der Waals surface area contributed by atoms with Gasteiger partial charge in [-0.05, 0) is 11.9 Å². The van der Waals surface area contributed by atoms with Gasteiger partial charge in [-0.1, -0.05) is 6.92 Å². The lowest BCUT2D eigenvalue weighted by Gasteiger charge is -2.46. The molecule has 128 valence electrons. The van der Waals surface area contributed by atoms with Crippen molar-refractivity contribution in [2.75, 3.05) is 0 Å². The molecule has 0 spiro atoms. The Morgan fingerprint density at radius 3 is 2.92 bits per heavy atom. The summed E-state index contributed by atoms with van der Waals surface area (Å²) in [6.45, 7) is 5.05. The Morgan fingerprint density at radius 2 is 2.29 bits per heavy atom. The number of thioether (sulfide) groups is 1. The molecule has 8 nitrogen and oxygen atoms in total. The first-order valence-corrected chi connectivity index (χ1v) is 8.83. The number of carboxylic acid groups (broad SMARTS) is 1. The van der Waals surface area contributed by atoms with Gasteiger partial charge in [0, 0.05) is 10.8 Å². The topological polar surface area (TPSA) is 99.5 Å². The zero-order valence-electron chi connectivity index (χ0n) is 13.4. The summed E-state index contributed by atoms with van der Waals surface area (Å²) in [7, 11) is 0. The van der Waals surface area contributed by atoms with Gasteiger partial charge in [0.1, 0.15) is 12.2 Å². The van der Waals surface area contributed by atoms with Crippen LogP contribution in [0.25, 0.3) is 0 Å². The predicted molar refractivity (Wildman–Crippen MR) is 83.4 cm³/mol. The molecule has 1 aromatic heterocycles. The van der Waals surface area contributed by atoms with E-state index in [1.54, 1.807) is 19.6 Å². The minimum atomic E-state index is -1.07. The standard InChI is InChI=1S/C15H18N4O4S/c1-7-11-10(8(2)20)14(21)19(11)12(15(22)23)13(7)24-9-3-17-5-16-6-18(17)4-9/h5-11,20H,3-4H2,1-2H3/p+1/t7-,8+,10-,11-/m0/s1. The number of aromatic nitrogens is 3. The SMILES string of the molecule is C[C@@H]1C(SC2Cn3cnc[n+]3C2)=C(C(=O)O)N2C(=O)[C@@H]([C@@H](C)O)[C@H]12. The van der Waals surface area contributed by atoms with Crippen LogP contribution in [0.2, 0.25) is 0 Å². The van der Waals surface area contributed by atoms with Gasteiger partial charge in [-0.3, -0.25) is 4.79 Å². The summed E-state index contributed by atoms with van der Waals surface area (Å²) in [5, 5.41) is 19.7. The molecule has 24 heavy (non-hydrogen) atoms. The fourth-order valence-electron chi connectivity index (χ4n) is 4.03. The van der Waals surface area contributed by atoms with Gasteiger partial charge in [-0.15, -0.1) is 11.8 Å². The van der Waals surface area contributed by atoms with Crippen molar-refractivity contribution in [3.05, 3.63) is 23.3 Å². The van der Waals surface area contributed by atoms with Crippen molar-refractivity contribution in [1.29, 1.82) is 0 Å². The third-order valence-corrected chi connectivity index (χ3v) is 6.57. The van der Waals surface area contributed by atoms with Crippen molar-refractivity contribution in [2.24, 2.45) is 11.8 Å². The number of aliphatic carboxylic acids is 1. The Balaban J connectivity index is 1.61. The molecule has 3 aliphatic heterocycles. The molecule has 9 heteroatoms. The largest absolute Gasteiger partial charge is 0.477 e. The van der Waals surface area contributed by atoms with E-state index >= 15 is 0 Å². The van der Waals surface area contributed by atoms with Crippen LogP contribution in [0.3, 0.4) is 0 Å². The van der Waals surface area contributed by atoms with E-state index in [0.29, 0.717) is 0 Å². The van der Waals surface area contributed by atoms with Gasteiger partial charge in [0.25, 0.3) is 0 Å². The minimum absolute atomic E-state index is 0.0820. The molecule has 1 fully saturated rings. The summed E-state index contributed by atoms with van der Waals surface area (Å²) in [6.07, 6.45) is 2.74. The number of carbonyl (C=O) groups is 2. The fourth-order valence-corrected chi connectivity index (χ4v) is 5.49. The molecule has 4 atom stereocenters. The third-order valence-electron chi connectivity index (χ3n) is 5.12. The minimum Gasteiger partial charge on any atom is -0.477 e. The van der Waals surface area contributed by atoms with Crippen molar-refractivity contribution in [3.63, 3.8) is 0 Å². The first kappa shape index (κ1) is 15.6. The third kappa shape index (κ3) is 2.04. The van der Waals surface area contributed by atoms with Gasteiger partial charge in [0.2, 0.25) is 12.2 Å². The second-order valence-corrected chi connectivity index (χ2v) is 7.98. The predicted octanol–water partition coefficient (Wildman–Crippen LogP) is -0.560. The number of carbonyl (C=O) groups excluding carboxylic acids is 1.